The predicted octanol–water partition coefficient (Wildman–Crippen LogP) is 3.31. The molecule has 2 N–H and O–H groups in total. The molecule has 0 spiro atoms. The zero-order valence-corrected chi connectivity index (χ0v) is 18.9. The number of hydrogen-bond acceptors (Lipinski definition) is 4. The van der Waals surface area contributed by atoms with E-state index >= 15 is 0 Å². The molecule has 2 aliphatic rings. The minimum atomic E-state index is -3.57. The summed E-state index contributed by atoms with van der Waals surface area (Å²) in [6.07, 6.45) is 2.40. The summed E-state index contributed by atoms with van der Waals surface area (Å²) in [6, 6.07) is 18.6. The first-order valence-corrected chi connectivity index (χ1v) is 12.7. The third kappa shape index (κ3) is 4.43. The topological polar surface area (TPSA) is 95.6 Å². The van der Waals surface area contributed by atoms with Crippen LogP contribution in [0.25, 0.3) is 10.8 Å². The summed E-state index contributed by atoms with van der Waals surface area (Å²) >= 11 is 0. The minimum absolute atomic E-state index is 0.000799. The van der Waals surface area contributed by atoms with Gasteiger partial charge in [-0.15, -0.1) is 0 Å². The number of para-hydroxylation sites is 1. The predicted molar refractivity (Wildman–Crippen MR) is 129 cm³/mol. The van der Waals surface area contributed by atoms with Crippen molar-refractivity contribution in [3.63, 3.8) is 0 Å². The normalized spacial score (nSPS) is 15.3. The number of benzene rings is 3. The van der Waals surface area contributed by atoms with Crippen LogP contribution in [0, 0.1) is 5.92 Å². The maximum absolute atomic E-state index is 13.0. The lowest BCUT2D eigenvalue weighted by molar-refractivity contribution is -0.117. The Hall–Kier alpha value is -3.39. The van der Waals surface area contributed by atoms with Crippen LogP contribution in [-0.4, -0.2) is 39.1 Å². The minimum Gasteiger partial charge on any atom is -0.351 e. The van der Waals surface area contributed by atoms with Crippen LogP contribution in [0.15, 0.2) is 60.7 Å². The van der Waals surface area contributed by atoms with E-state index in [9.17, 15) is 18.0 Å². The Morgan fingerprint density at radius 1 is 0.970 bits per heavy atom. The van der Waals surface area contributed by atoms with Crippen molar-refractivity contribution in [1.82, 2.24) is 5.32 Å². The van der Waals surface area contributed by atoms with E-state index in [-0.39, 0.29) is 24.1 Å². The second-order valence-electron chi connectivity index (χ2n) is 8.53. The zero-order chi connectivity index (χ0) is 23.0. The molecule has 1 fully saturated rings. The number of carbonyl (C=O) groups excluding carboxylic acids is 2. The highest BCUT2D eigenvalue weighted by molar-refractivity contribution is 7.92. The Balaban J connectivity index is 1.31. The molecule has 1 aliphatic carbocycles. The second-order valence-corrected chi connectivity index (χ2v) is 10.5. The lowest BCUT2D eigenvalue weighted by Crippen LogP contribution is -2.37. The summed E-state index contributed by atoms with van der Waals surface area (Å²) in [5, 5.41) is 7.39. The molecule has 0 atom stereocenters. The van der Waals surface area contributed by atoms with Crippen molar-refractivity contribution in [2.45, 2.75) is 19.3 Å². The third-order valence-electron chi connectivity index (χ3n) is 6.16. The fourth-order valence-electron chi connectivity index (χ4n) is 4.21. The van der Waals surface area contributed by atoms with Crippen molar-refractivity contribution in [3.8, 4) is 0 Å². The van der Waals surface area contributed by atoms with Crippen LogP contribution in [0.1, 0.15) is 28.8 Å². The van der Waals surface area contributed by atoms with Crippen molar-refractivity contribution in [3.05, 3.63) is 71.8 Å². The maximum atomic E-state index is 13.0. The molecule has 1 aliphatic heterocycles. The van der Waals surface area contributed by atoms with E-state index in [2.05, 4.69) is 10.6 Å². The Kier molecular flexibility index (Phi) is 5.54. The van der Waals surface area contributed by atoms with Crippen molar-refractivity contribution >= 4 is 44.0 Å². The first kappa shape index (κ1) is 21.5. The standard InChI is InChI=1S/C25H25N3O4S/c29-24(18-9-10-18)27-22-16-20-7-2-1-6-19(20)15-21(22)25(30)26-12-14-33(31,32)28-13-11-17-5-3-4-8-23(17)28/h1-8,15-16,18H,9-14H2,(H,26,30)(H,27,29). The average Bonchev–Trinajstić information content (AvgIpc) is 3.57. The summed E-state index contributed by atoms with van der Waals surface area (Å²) in [5.74, 6) is -0.705. The van der Waals surface area contributed by atoms with Crippen LogP contribution < -0.4 is 14.9 Å². The number of rotatable bonds is 7. The fourth-order valence-corrected chi connectivity index (χ4v) is 5.64. The Bertz CT molecular complexity index is 1350. The number of nitrogens with one attached hydrogen (secondary N) is 2. The molecule has 1 heterocycles. The second kappa shape index (κ2) is 8.51. The summed E-state index contributed by atoms with van der Waals surface area (Å²) in [7, 11) is -3.57. The van der Waals surface area contributed by atoms with Gasteiger partial charge in [0.25, 0.3) is 5.91 Å². The first-order chi connectivity index (χ1) is 15.9. The monoisotopic (exact) mass is 463 g/mol. The highest BCUT2D eigenvalue weighted by Gasteiger charge is 2.31. The molecule has 0 aromatic heterocycles. The van der Waals surface area contributed by atoms with Gasteiger partial charge in [-0.05, 0) is 53.8 Å². The van der Waals surface area contributed by atoms with Gasteiger partial charge in [0.15, 0.2) is 0 Å². The van der Waals surface area contributed by atoms with Gasteiger partial charge < -0.3 is 10.6 Å². The van der Waals surface area contributed by atoms with Gasteiger partial charge in [0.2, 0.25) is 15.9 Å². The van der Waals surface area contributed by atoms with Crippen molar-refractivity contribution < 1.29 is 18.0 Å². The molecule has 7 nitrogen and oxygen atoms in total. The molecular weight excluding hydrogens is 438 g/mol. The van der Waals surface area contributed by atoms with Gasteiger partial charge in [0.1, 0.15) is 0 Å². The highest BCUT2D eigenvalue weighted by Crippen LogP contribution is 2.32. The van der Waals surface area contributed by atoms with Crippen molar-refractivity contribution in [2.24, 2.45) is 5.92 Å². The smallest absolute Gasteiger partial charge is 0.253 e. The summed E-state index contributed by atoms with van der Waals surface area (Å²) in [4.78, 5) is 25.4. The average molecular weight is 464 g/mol. The quantitative estimate of drug-likeness (QED) is 0.562. The van der Waals surface area contributed by atoms with E-state index in [0.29, 0.717) is 29.9 Å². The van der Waals surface area contributed by atoms with Gasteiger partial charge in [-0.1, -0.05) is 42.5 Å². The molecule has 3 aromatic rings. The fraction of sp³-hybridized carbons (Fsp3) is 0.280. The van der Waals surface area contributed by atoms with Crippen LogP contribution in [0.3, 0.4) is 0 Å². The number of nitrogens with zero attached hydrogens (tertiary/aromatic N) is 1. The summed E-state index contributed by atoms with van der Waals surface area (Å²) in [6.45, 7) is 0.389. The summed E-state index contributed by atoms with van der Waals surface area (Å²) < 4.78 is 27.2. The number of sulfonamides is 1. The van der Waals surface area contributed by atoms with Gasteiger partial charge in [0, 0.05) is 19.0 Å². The third-order valence-corrected chi connectivity index (χ3v) is 7.93. The Morgan fingerprint density at radius 2 is 1.67 bits per heavy atom. The van der Waals surface area contributed by atoms with Gasteiger partial charge >= 0.3 is 0 Å². The van der Waals surface area contributed by atoms with E-state index in [4.69, 9.17) is 0 Å². The Morgan fingerprint density at radius 3 is 2.42 bits per heavy atom. The SMILES string of the molecule is O=C(NCCS(=O)(=O)N1CCc2ccccc21)c1cc2ccccc2cc1NC(=O)C1CC1. The number of anilines is 2. The number of amides is 2. The lowest BCUT2D eigenvalue weighted by atomic mass is 10.0. The number of hydrogen-bond donors (Lipinski definition) is 2. The van der Waals surface area contributed by atoms with E-state index in [1.807, 2.05) is 48.5 Å². The van der Waals surface area contributed by atoms with Crippen molar-refractivity contribution in [1.29, 1.82) is 0 Å². The van der Waals surface area contributed by atoms with Crippen LogP contribution in [-0.2, 0) is 21.2 Å². The van der Waals surface area contributed by atoms with Gasteiger partial charge in [-0.3, -0.25) is 13.9 Å². The van der Waals surface area contributed by atoms with E-state index in [0.717, 1.165) is 29.2 Å². The molecular formula is C25H25N3O4S. The van der Waals surface area contributed by atoms with Gasteiger partial charge in [-0.2, -0.15) is 0 Å². The molecule has 0 bridgehead atoms. The maximum Gasteiger partial charge on any atom is 0.253 e. The number of carbonyl (C=O) groups is 2. The molecule has 0 radical (unpaired) electrons. The molecule has 0 saturated heterocycles. The molecule has 170 valence electrons. The van der Waals surface area contributed by atoms with Crippen LogP contribution >= 0.6 is 0 Å². The molecule has 1 saturated carbocycles. The molecule has 3 aromatic carbocycles. The van der Waals surface area contributed by atoms with E-state index in [1.54, 1.807) is 12.1 Å². The van der Waals surface area contributed by atoms with E-state index < -0.39 is 15.9 Å². The molecule has 5 rings (SSSR count). The molecule has 8 heteroatoms. The van der Waals surface area contributed by atoms with E-state index in [1.165, 1.54) is 4.31 Å². The van der Waals surface area contributed by atoms with Crippen LogP contribution in [0.2, 0.25) is 0 Å². The largest absolute Gasteiger partial charge is 0.351 e. The summed E-state index contributed by atoms with van der Waals surface area (Å²) in [5.41, 5.74) is 2.49. The lowest BCUT2D eigenvalue weighted by Gasteiger charge is -2.20. The van der Waals surface area contributed by atoms with Crippen LogP contribution in [0.5, 0.6) is 0 Å². The molecule has 0 unspecified atom stereocenters. The molecule has 2 amide bonds. The van der Waals surface area contributed by atoms with Gasteiger partial charge in [-0.25, -0.2) is 8.42 Å². The zero-order valence-electron chi connectivity index (χ0n) is 18.1. The highest BCUT2D eigenvalue weighted by atomic mass is 32.2. The number of fused-ring (bicyclic) bond motifs is 2. The van der Waals surface area contributed by atoms with Crippen LogP contribution in [0.4, 0.5) is 11.4 Å². The first-order valence-electron chi connectivity index (χ1n) is 11.1. The molecule has 33 heavy (non-hydrogen) atoms. The Labute approximate surface area is 192 Å². The van der Waals surface area contributed by atoms with Crippen molar-refractivity contribution in [2.75, 3.05) is 28.5 Å². The van der Waals surface area contributed by atoms with Gasteiger partial charge in [0.05, 0.1) is 22.7 Å².